The largest absolute Gasteiger partial charge is 0.480 e. The van der Waals surface area contributed by atoms with Crippen molar-refractivity contribution in [1.82, 2.24) is 10.3 Å². The Hall–Kier alpha value is -4.07. The fraction of sp³-hybridized carbons (Fsp3) is 0.107. The number of benzene rings is 3. The number of anilines is 1. The number of carboxylic acids is 1. The molecule has 1 atom stereocenters. The molecular weight excluding hydrogens is 513 g/mol. The zero-order valence-corrected chi connectivity index (χ0v) is 21.0. The van der Waals surface area contributed by atoms with Crippen molar-refractivity contribution >= 4 is 40.9 Å². The first-order valence-electron chi connectivity index (χ1n) is 11.4. The van der Waals surface area contributed by atoms with Crippen LogP contribution in [0, 0.1) is 0 Å². The molecule has 7 nitrogen and oxygen atoms in total. The maximum absolute atomic E-state index is 12.6. The molecule has 0 aliphatic rings. The average Bonchev–Trinajstić information content (AvgIpc) is 2.89. The average molecular weight is 536 g/mol. The third kappa shape index (κ3) is 7.22. The molecule has 0 fully saturated rings. The van der Waals surface area contributed by atoms with Crippen LogP contribution in [-0.4, -0.2) is 28.0 Å². The highest BCUT2D eigenvalue weighted by molar-refractivity contribution is 6.39. The van der Waals surface area contributed by atoms with Crippen LogP contribution in [0.15, 0.2) is 91.1 Å². The topological polar surface area (TPSA) is 101 Å². The predicted octanol–water partition coefficient (Wildman–Crippen LogP) is 6.22. The number of nitrogens with zero attached hydrogens (tertiary/aromatic N) is 1. The number of pyridine rings is 1. The summed E-state index contributed by atoms with van der Waals surface area (Å²) in [6, 6.07) is 23.8. The van der Waals surface area contributed by atoms with Crippen LogP contribution in [-0.2, 0) is 17.8 Å². The summed E-state index contributed by atoms with van der Waals surface area (Å²) in [7, 11) is 0. The Balaban J connectivity index is 1.37. The van der Waals surface area contributed by atoms with E-state index in [0.717, 1.165) is 11.4 Å². The first-order valence-corrected chi connectivity index (χ1v) is 12.1. The van der Waals surface area contributed by atoms with Gasteiger partial charge in [-0.25, -0.2) is 9.78 Å². The summed E-state index contributed by atoms with van der Waals surface area (Å²) in [5.74, 6) is 0.223. The molecule has 0 spiro atoms. The highest BCUT2D eigenvalue weighted by Crippen LogP contribution is 2.25. The summed E-state index contributed by atoms with van der Waals surface area (Å²) in [5.41, 5.74) is 1.77. The first-order chi connectivity index (χ1) is 17.9. The zero-order chi connectivity index (χ0) is 26.2. The molecule has 3 aromatic carbocycles. The van der Waals surface area contributed by atoms with Crippen LogP contribution in [0.5, 0.6) is 11.5 Å². The van der Waals surface area contributed by atoms with Crippen molar-refractivity contribution in [2.24, 2.45) is 0 Å². The normalized spacial score (nSPS) is 11.4. The fourth-order valence-electron chi connectivity index (χ4n) is 3.59. The summed E-state index contributed by atoms with van der Waals surface area (Å²) in [6.45, 7) is 0.592. The Morgan fingerprint density at radius 1 is 0.865 bits per heavy atom. The molecule has 0 unspecified atom stereocenters. The lowest BCUT2D eigenvalue weighted by Crippen LogP contribution is -2.42. The minimum Gasteiger partial charge on any atom is -0.480 e. The van der Waals surface area contributed by atoms with Crippen LogP contribution >= 0.6 is 23.2 Å². The van der Waals surface area contributed by atoms with Crippen molar-refractivity contribution in [2.45, 2.75) is 19.0 Å². The predicted molar refractivity (Wildman–Crippen MR) is 144 cm³/mol. The van der Waals surface area contributed by atoms with Crippen molar-refractivity contribution in [3.8, 4) is 11.5 Å². The Bertz CT molecular complexity index is 1360. The molecule has 188 valence electrons. The standard InChI is InChI=1S/C28H23Cl2N3O4/c29-22-7-4-8-23(30)26(22)27(34)33-24(28(35)36)16-18-10-12-20(13-11-18)37-21-6-3-5-19(15-21)17-32-25-9-1-2-14-31-25/h1-15,24H,16-17H2,(H,31,32)(H,33,34)(H,35,36)/t24-/m0/s1. The Morgan fingerprint density at radius 2 is 1.59 bits per heavy atom. The van der Waals surface area contributed by atoms with Crippen molar-refractivity contribution in [2.75, 3.05) is 5.32 Å². The third-order valence-corrected chi connectivity index (χ3v) is 6.06. The molecule has 3 N–H and O–H groups in total. The van der Waals surface area contributed by atoms with E-state index in [4.69, 9.17) is 27.9 Å². The van der Waals surface area contributed by atoms with Gasteiger partial charge in [-0.05, 0) is 59.7 Å². The molecule has 0 aliphatic heterocycles. The number of halogens is 2. The highest BCUT2D eigenvalue weighted by atomic mass is 35.5. The molecule has 9 heteroatoms. The highest BCUT2D eigenvalue weighted by Gasteiger charge is 2.23. The quantitative estimate of drug-likeness (QED) is 0.223. The summed E-state index contributed by atoms with van der Waals surface area (Å²) in [6.07, 6.45) is 1.80. The summed E-state index contributed by atoms with van der Waals surface area (Å²) < 4.78 is 5.97. The van der Waals surface area contributed by atoms with Gasteiger partial charge in [-0.3, -0.25) is 4.79 Å². The number of ether oxygens (including phenoxy) is 1. The van der Waals surface area contributed by atoms with Crippen LogP contribution in [0.4, 0.5) is 5.82 Å². The smallest absolute Gasteiger partial charge is 0.326 e. The maximum Gasteiger partial charge on any atom is 0.326 e. The molecule has 1 heterocycles. The lowest BCUT2D eigenvalue weighted by molar-refractivity contribution is -0.139. The molecule has 37 heavy (non-hydrogen) atoms. The molecule has 4 aromatic rings. The van der Waals surface area contributed by atoms with Crippen LogP contribution in [0.2, 0.25) is 10.0 Å². The molecular formula is C28H23Cl2N3O4. The van der Waals surface area contributed by atoms with Gasteiger partial charge in [0.2, 0.25) is 0 Å². The summed E-state index contributed by atoms with van der Waals surface area (Å²) in [4.78, 5) is 28.7. The van der Waals surface area contributed by atoms with E-state index < -0.39 is 17.9 Å². The Morgan fingerprint density at radius 3 is 2.27 bits per heavy atom. The van der Waals surface area contributed by atoms with E-state index in [1.54, 1.807) is 36.5 Å². The van der Waals surface area contributed by atoms with Crippen LogP contribution in [0.3, 0.4) is 0 Å². The second kappa shape index (κ2) is 12.3. The van der Waals surface area contributed by atoms with E-state index in [-0.39, 0.29) is 22.0 Å². The second-order valence-corrected chi connectivity index (χ2v) is 8.94. The first kappa shape index (κ1) is 26.0. The van der Waals surface area contributed by atoms with Gasteiger partial charge in [-0.2, -0.15) is 0 Å². The monoisotopic (exact) mass is 535 g/mol. The minimum absolute atomic E-state index is 0.0401. The van der Waals surface area contributed by atoms with Crippen LogP contribution < -0.4 is 15.4 Å². The molecule has 0 radical (unpaired) electrons. The molecule has 0 bridgehead atoms. The number of carboxylic acid groups (broad SMARTS) is 1. The summed E-state index contributed by atoms with van der Waals surface area (Å²) >= 11 is 12.1. The lowest BCUT2D eigenvalue weighted by atomic mass is 10.1. The maximum atomic E-state index is 12.6. The Labute approximate surface area is 224 Å². The second-order valence-electron chi connectivity index (χ2n) is 8.13. The number of aliphatic carboxylic acids is 1. The van der Waals surface area contributed by atoms with Gasteiger partial charge in [0.25, 0.3) is 5.91 Å². The minimum atomic E-state index is -1.17. The lowest BCUT2D eigenvalue weighted by Gasteiger charge is -2.16. The van der Waals surface area contributed by atoms with Crippen LogP contribution in [0.1, 0.15) is 21.5 Å². The van der Waals surface area contributed by atoms with Gasteiger partial charge in [0.1, 0.15) is 23.4 Å². The fourth-order valence-corrected chi connectivity index (χ4v) is 4.16. The van der Waals surface area contributed by atoms with E-state index >= 15 is 0 Å². The van der Waals surface area contributed by atoms with Crippen molar-refractivity contribution in [3.63, 3.8) is 0 Å². The van der Waals surface area contributed by atoms with Crippen molar-refractivity contribution in [3.05, 3.63) is 118 Å². The number of aromatic nitrogens is 1. The van der Waals surface area contributed by atoms with E-state index in [2.05, 4.69) is 15.6 Å². The Kier molecular flexibility index (Phi) is 8.61. The third-order valence-electron chi connectivity index (χ3n) is 5.43. The number of hydrogen-bond acceptors (Lipinski definition) is 5. The van der Waals surface area contributed by atoms with Gasteiger partial charge in [0, 0.05) is 19.2 Å². The number of amides is 1. The zero-order valence-electron chi connectivity index (χ0n) is 19.5. The van der Waals surface area contributed by atoms with E-state index in [1.165, 1.54) is 12.1 Å². The molecule has 4 rings (SSSR count). The number of carbonyl (C=O) groups is 2. The van der Waals surface area contributed by atoms with Gasteiger partial charge in [0.05, 0.1) is 15.6 Å². The molecule has 1 amide bonds. The molecule has 0 saturated heterocycles. The van der Waals surface area contributed by atoms with E-state index in [0.29, 0.717) is 23.6 Å². The SMILES string of the molecule is O=C(N[C@@H](Cc1ccc(Oc2cccc(CNc3ccccn3)c2)cc1)C(=O)O)c1c(Cl)cccc1Cl. The molecule has 0 saturated carbocycles. The molecule has 1 aromatic heterocycles. The van der Waals surface area contributed by atoms with Gasteiger partial charge in [0.15, 0.2) is 0 Å². The van der Waals surface area contributed by atoms with Crippen LogP contribution in [0.25, 0.3) is 0 Å². The van der Waals surface area contributed by atoms with E-state index in [1.807, 2.05) is 42.5 Å². The van der Waals surface area contributed by atoms with E-state index in [9.17, 15) is 14.7 Å². The van der Waals surface area contributed by atoms with Crippen molar-refractivity contribution < 1.29 is 19.4 Å². The summed E-state index contributed by atoms with van der Waals surface area (Å²) in [5, 5.41) is 15.7. The van der Waals surface area contributed by atoms with Crippen molar-refractivity contribution in [1.29, 1.82) is 0 Å². The number of rotatable bonds is 10. The van der Waals surface area contributed by atoms with Gasteiger partial charge in [-0.15, -0.1) is 0 Å². The molecule has 0 aliphatic carbocycles. The number of nitrogens with one attached hydrogen (secondary N) is 2. The number of hydrogen-bond donors (Lipinski definition) is 3. The van der Waals surface area contributed by atoms with Gasteiger partial charge < -0.3 is 20.5 Å². The van der Waals surface area contributed by atoms with Gasteiger partial charge in [-0.1, -0.05) is 59.6 Å². The van der Waals surface area contributed by atoms with Gasteiger partial charge >= 0.3 is 5.97 Å². The number of carbonyl (C=O) groups excluding carboxylic acids is 1.